The molecule has 0 unspecified atom stereocenters. The first-order chi connectivity index (χ1) is 12.4. The summed E-state index contributed by atoms with van der Waals surface area (Å²) in [6, 6.07) is 0.232. The number of likely N-dealkylation sites (tertiary alicyclic amines) is 2. The second kappa shape index (κ2) is 7.78. The Bertz CT molecular complexity index is 670. The zero-order chi connectivity index (χ0) is 18.8. The van der Waals surface area contributed by atoms with Gasteiger partial charge in [-0.15, -0.1) is 0 Å². The Kier molecular flexibility index (Phi) is 5.65. The fourth-order valence-electron chi connectivity index (χ4n) is 4.12. The Balaban J connectivity index is 1.69. The summed E-state index contributed by atoms with van der Waals surface area (Å²) in [5.41, 5.74) is 0.682. The molecule has 3 heterocycles. The van der Waals surface area contributed by atoms with Gasteiger partial charge in [0.25, 0.3) is 5.91 Å². The predicted octanol–water partition coefficient (Wildman–Crippen LogP) is 1.97. The van der Waals surface area contributed by atoms with Gasteiger partial charge in [0, 0.05) is 32.1 Å². The summed E-state index contributed by atoms with van der Waals surface area (Å²) in [6.07, 6.45) is 3.20. The Morgan fingerprint density at radius 1 is 1.38 bits per heavy atom. The monoisotopic (exact) mass is 363 g/mol. The molecule has 144 valence electrons. The molecule has 1 aromatic heterocycles. The Morgan fingerprint density at radius 2 is 2.15 bits per heavy atom. The lowest BCUT2D eigenvalue weighted by molar-refractivity contribution is -0.140. The van der Waals surface area contributed by atoms with Gasteiger partial charge in [0.15, 0.2) is 5.69 Å². The minimum absolute atomic E-state index is 0.185. The summed E-state index contributed by atoms with van der Waals surface area (Å²) in [6.45, 7) is 7.82. The van der Waals surface area contributed by atoms with E-state index in [9.17, 15) is 14.7 Å². The molecule has 0 aromatic carbocycles. The number of piperidine rings is 2. The van der Waals surface area contributed by atoms with E-state index in [0.717, 1.165) is 25.8 Å². The standard InChI is InChI=1S/C19H29N3O4/c1-12(2)6-9-22-16-7-8-21(10-14(16)4-5-17(22)24)19(25)18-15(11-23)13(3)26-20-18/h12,14,16,23H,4-11H2,1-3H3/t14-,16+/m0/s1. The van der Waals surface area contributed by atoms with Gasteiger partial charge in [-0.05, 0) is 38.0 Å². The summed E-state index contributed by atoms with van der Waals surface area (Å²) in [5.74, 6) is 1.42. The number of aliphatic hydroxyl groups is 1. The number of carbonyl (C=O) groups excluding carboxylic acids is 2. The van der Waals surface area contributed by atoms with Crippen LogP contribution in [-0.4, -0.2) is 57.6 Å². The minimum Gasteiger partial charge on any atom is -0.391 e. The van der Waals surface area contributed by atoms with Gasteiger partial charge in [-0.1, -0.05) is 19.0 Å². The van der Waals surface area contributed by atoms with Crippen molar-refractivity contribution >= 4 is 11.8 Å². The first kappa shape index (κ1) is 18.9. The summed E-state index contributed by atoms with van der Waals surface area (Å²) in [5, 5.41) is 13.3. The van der Waals surface area contributed by atoms with E-state index in [1.54, 1.807) is 11.8 Å². The molecule has 0 radical (unpaired) electrons. The summed E-state index contributed by atoms with van der Waals surface area (Å²) in [7, 11) is 0. The molecular formula is C19H29N3O4. The van der Waals surface area contributed by atoms with E-state index in [1.807, 2.05) is 0 Å². The minimum atomic E-state index is -0.256. The van der Waals surface area contributed by atoms with Gasteiger partial charge in [-0.3, -0.25) is 9.59 Å². The number of hydrogen-bond acceptors (Lipinski definition) is 5. The van der Waals surface area contributed by atoms with Crippen LogP contribution >= 0.6 is 0 Å². The van der Waals surface area contributed by atoms with Gasteiger partial charge in [0.2, 0.25) is 5.91 Å². The zero-order valence-electron chi connectivity index (χ0n) is 15.9. The van der Waals surface area contributed by atoms with E-state index >= 15 is 0 Å². The molecule has 2 atom stereocenters. The van der Waals surface area contributed by atoms with Crippen molar-refractivity contribution in [1.82, 2.24) is 15.0 Å². The molecule has 0 spiro atoms. The van der Waals surface area contributed by atoms with E-state index in [0.29, 0.717) is 42.7 Å². The van der Waals surface area contributed by atoms with Crippen LogP contribution in [0.1, 0.15) is 61.3 Å². The fourth-order valence-corrected chi connectivity index (χ4v) is 4.12. The van der Waals surface area contributed by atoms with Crippen LogP contribution in [-0.2, 0) is 11.4 Å². The van der Waals surface area contributed by atoms with E-state index in [1.165, 1.54) is 0 Å². The lowest BCUT2D eigenvalue weighted by atomic mass is 9.83. The largest absolute Gasteiger partial charge is 0.391 e. The molecule has 26 heavy (non-hydrogen) atoms. The van der Waals surface area contributed by atoms with Crippen LogP contribution in [0, 0.1) is 18.8 Å². The molecule has 7 heteroatoms. The van der Waals surface area contributed by atoms with Crippen molar-refractivity contribution in [1.29, 1.82) is 0 Å². The van der Waals surface area contributed by atoms with Crippen molar-refractivity contribution in [3.63, 3.8) is 0 Å². The zero-order valence-corrected chi connectivity index (χ0v) is 15.9. The topological polar surface area (TPSA) is 86.9 Å². The Hall–Kier alpha value is -1.89. The van der Waals surface area contributed by atoms with Gasteiger partial charge >= 0.3 is 0 Å². The maximum Gasteiger partial charge on any atom is 0.276 e. The number of aryl methyl sites for hydroxylation is 1. The first-order valence-corrected chi connectivity index (χ1v) is 9.57. The van der Waals surface area contributed by atoms with Crippen LogP contribution in [0.15, 0.2) is 4.52 Å². The van der Waals surface area contributed by atoms with Crippen molar-refractivity contribution in [3.8, 4) is 0 Å². The maximum atomic E-state index is 12.8. The first-order valence-electron chi connectivity index (χ1n) is 9.57. The van der Waals surface area contributed by atoms with Crippen molar-refractivity contribution < 1.29 is 19.2 Å². The average Bonchev–Trinajstić information content (AvgIpc) is 3.00. The molecule has 2 fully saturated rings. The van der Waals surface area contributed by atoms with Crippen LogP contribution in [0.5, 0.6) is 0 Å². The quantitative estimate of drug-likeness (QED) is 0.864. The number of aliphatic hydroxyl groups excluding tert-OH is 1. The van der Waals surface area contributed by atoms with Crippen LogP contribution in [0.2, 0.25) is 0 Å². The maximum absolute atomic E-state index is 12.8. The molecule has 3 rings (SSSR count). The van der Waals surface area contributed by atoms with E-state index < -0.39 is 0 Å². The number of carbonyl (C=O) groups is 2. The average molecular weight is 363 g/mol. The molecule has 7 nitrogen and oxygen atoms in total. The van der Waals surface area contributed by atoms with Gasteiger partial charge in [-0.25, -0.2) is 0 Å². The number of nitrogens with zero attached hydrogens (tertiary/aromatic N) is 3. The summed E-state index contributed by atoms with van der Waals surface area (Å²) >= 11 is 0. The smallest absolute Gasteiger partial charge is 0.276 e. The number of aromatic nitrogens is 1. The lowest BCUT2D eigenvalue weighted by Gasteiger charge is -2.47. The van der Waals surface area contributed by atoms with E-state index in [4.69, 9.17) is 4.52 Å². The molecule has 0 saturated carbocycles. The third-order valence-corrected chi connectivity index (χ3v) is 5.72. The third-order valence-electron chi connectivity index (χ3n) is 5.72. The lowest BCUT2D eigenvalue weighted by Crippen LogP contribution is -2.57. The molecule has 0 bridgehead atoms. The highest BCUT2D eigenvalue weighted by Gasteiger charge is 2.41. The molecule has 1 aromatic rings. The second-order valence-electron chi connectivity index (χ2n) is 7.90. The number of rotatable bonds is 5. The van der Waals surface area contributed by atoms with Crippen LogP contribution < -0.4 is 0 Å². The van der Waals surface area contributed by atoms with Crippen molar-refractivity contribution in [2.24, 2.45) is 11.8 Å². The van der Waals surface area contributed by atoms with Crippen LogP contribution in [0.3, 0.4) is 0 Å². The highest BCUT2D eigenvalue weighted by molar-refractivity contribution is 5.94. The highest BCUT2D eigenvalue weighted by Crippen LogP contribution is 2.32. The number of hydrogen-bond donors (Lipinski definition) is 1. The molecule has 2 aliphatic heterocycles. The fraction of sp³-hybridized carbons (Fsp3) is 0.737. The van der Waals surface area contributed by atoms with Gasteiger partial charge < -0.3 is 19.4 Å². The van der Waals surface area contributed by atoms with Crippen LogP contribution in [0.4, 0.5) is 0 Å². The summed E-state index contributed by atoms with van der Waals surface area (Å²) in [4.78, 5) is 29.1. The Labute approximate surface area is 154 Å². The van der Waals surface area contributed by atoms with Gasteiger partial charge in [0.1, 0.15) is 5.76 Å². The SMILES string of the molecule is Cc1onc(C(=O)N2CC[C@@H]3[C@@H](CCC(=O)N3CCC(C)C)C2)c1CO. The molecular weight excluding hydrogens is 334 g/mol. The summed E-state index contributed by atoms with van der Waals surface area (Å²) < 4.78 is 5.08. The molecule has 1 N–H and O–H groups in total. The second-order valence-corrected chi connectivity index (χ2v) is 7.90. The highest BCUT2D eigenvalue weighted by atomic mass is 16.5. The van der Waals surface area contributed by atoms with Crippen molar-refractivity contribution in [2.45, 2.75) is 59.1 Å². The van der Waals surface area contributed by atoms with Crippen molar-refractivity contribution in [2.75, 3.05) is 19.6 Å². The third kappa shape index (κ3) is 3.63. The number of fused-ring (bicyclic) bond motifs is 1. The molecule has 2 saturated heterocycles. The molecule has 2 amide bonds. The predicted molar refractivity (Wildman–Crippen MR) is 95.4 cm³/mol. The van der Waals surface area contributed by atoms with Gasteiger partial charge in [0.05, 0.1) is 12.2 Å². The van der Waals surface area contributed by atoms with E-state index in [2.05, 4.69) is 23.9 Å². The molecule has 0 aliphatic carbocycles. The Morgan fingerprint density at radius 3 is 2.85 bits per heavy atom. The van der Waals surface area contributed by atoms with E-state index in [-0.39, 0.29) is 30.2 Å². The van der Waals surface area contributed by atoms with Crippen LogP contribution in [0.25, 0.3) is 0 Å². The normalized spacial score (nSPS) is 23.5. The van der Waals surface area contributed by atoms with Crippen molar-refractivity contribution in [3.05, 3.63) is 17.0 Å². The van der Waals surface area contributed by atoms with Gasteiger partial charge in [-0.2, -0.15) is 0 Å². The molecule has 2 aliphatic rings. The number of amides is 2.